The summed E-state index contributed by atoms with van der Waals surface area (Å²) >= 11 is 1.63. The van der Waals surface area contributed by atoms with Gasteiger partial charge in [-0.05, 0) is 42.5 Å². The minimum absolute atomic E-state index is 0.153. The zero-order chi connectivity index (χ0) is 21.5. The Balaban J connectivity index is 1.47. The highest BCUT2D eigenvalue weighted by atomic mass is 32.1. The van der Waals surface area contributed by atoms with Crippen LogP contribution in [0.25, 0.3) is 10.2 Å². The number of rotatable bonds is 9. The van der Waals surface area contributed by atoms with E-state index >= 15 is 0 Å². The third kappa shape index (κ3) is 5.91. The van der Waals surface area contributed by atoms with Crippen molar-refractivity contribution in [2.24, 2.45) is 0 Å². The molecule has 0 atom stereocenters. The van der Waals surface area contributed by atoms with E-state index in [1.54, 1.807) is 11.3 Å². The first-order valence-corrected chi connectivity index (χ1v) is 12.1. The first kappa shape index (κ1) is 21.9. The molecule has 1 aliphatic heterocycles. The number of carbonyl (C=O) groups is 1. The molecule has 1 saturated heterocycles. The highest BCUT2D eigenvalue weighted by Gasteiger charge is 2.20. The van der Waals surface area contributed by atoms with Crippen molar-refractivity contribution >= 4 is 32.6 Å². The van der Waals surface area contributed by atoms with Gasteiger partial charge in [0.25, 0.3) is 0 Å². The molecule has 2 aromatic carbocycles. The molecule has 2 heterocycles. The lowest BCUT2D eigenvalue weighted by molar-refractivity contribution is -0.118. The van der Waals surface area contributed by atoms with Gasteiger partial charge in [0.15, 0.2) is 5.13 Å². The van der Waals surface area contributed by atoms with Crippen LogP contribution in [0.1, 0.15) is 30.9 Å². The first-order chi connectivity index (χ1) is 15.2. The summed E-state index contributed by atoms with van der Waals surface area (Å²) in [5, 5.41) is 0.822. The Bertz CT molecular complexity index is 983. The maximum Gasteiger partial charge on any atom is 0.229 e. The highest BCUT2D eigenvalue weighted by molar-refractivity contribution is 7.22. The molecule has 6 heteroatoms. The molecule has 0 saturated carbocycles. The summed E-state index contributed by atoms with van der Waals surface area (Å²) in [7, 11) is 0. The fourth-order valence-electron chi connectivity index (χ4n) is 3.93. The van der Waals surface area contributed by atoms with Crippen LogP contribution in [0.5, 0.6) is 0 Å². The number of thiazole rings is 1. The molecule has 0 unspecified atom stereocenters. The molecule has 1 amide bonds. The molecular formula is C25H31N3O2S. The minimum atomic E-state index is 0.153. The van der Waals surface area contributed by atoms with Crippen molar-refractivity contribution in [1.82, 2.24) is 9.88 Å². The molecule has 0 bridgehead atoms. The normalized spacial score (nSPS) is 14.7. The smallest absolute Gasteiger partial charge is 0.229 e. The number of benzene rings is 2. The second-order valence-corrected chi connectivity index (χ2v) is 9.00. The zero-order valence-electron chi connectivity index (χ0n) is 18.3. The average molecular weight is 438 g/mol. The Morgan fingerprint density at radius 2 is 1.94 bits per heavy atom. The van der Waals surface area contributed by atoms with E-state index < -0.39 is 0 Å². The number of hydrogen-bond acceptors (Lipinski definition) is 5. The van der Waals surface area contributed by atoms with Crippen molar-refractivity contribution in [2.75, 3.05) is 44.3 Å². The van der Waals surface area contributed by atoms with Gasteiger partial charge < -0.3 is 4.74 Å². The lowest BCUT2D eigenvalue weighted by Gasteiger charge is -2.27. The lowest BCUT2D eigenvalue weighted by atomic mass is 10.1. The maximum absolute atomic E-state index is 13.3. The van der Waals surface area contributed by atoms with Crippen LogP contribution in [0.4, 0.5) is 5.13 Å². The molecule has 1 aromatic heterocycles. The molecule has 0 radical (unpaired) electrons. The van der Waals surface area contributed by atoms with Gasteiger partial charge in [0.2, 0.25) is 5.91 Å². The number of aryl methyl sites for hydroxylation is 2. The Hall–Kier alpha value is -2.28. The predicted octanol–water partition coefficient (Wildman–Crippen LogP) is 4.55. The van der Waals surface area contributed by atoms with E-state index in [1.807, 2.05) is 23.1 Å². The van der Waals surface area contributed by atoms with Gasteiger partial charge in [0, 0.05) is 32.6 Å². The Kier molecular flexibility index (Phi) is 7.67. The highest BCUT2D eigenvalue weighted by Crippen LogP contribution is 2.30. The molecule has 4 rings (SSSR count). The van der Waals surface area contributed by atoms with Crippen LogP contribution in [-0.4, -0.2) is 55.2 Å². The van der Waals surface area contributed by atoms with E-state index in [1.165, 1.54) is 11.1 Å². The second-order valence-electron chi connectivity index (χ2n) is 7.99. The number of anilines is 1. The van der Waals surface area contributed by atoms with Gasteiger partial charge >= 0.3 is 0 Å². The number of fused-ring (bicyclic) bond motifs is 1. The fraction of sp³-hybridized carbons (Fsp3) is 0.440. The molecular weight excluding hydrogens is 406 g/mol. The largest absolute Gasteiger partial charge is 0.379 e. The van der Waals surface area contributed by atoms with E-state index in [9.17, 15) is 4.79 Å². The molecule has 1 aliphatic rings. The van der Waals surface area contributed by atoms with Crippen LogP contribution in [0.2, 0.25) is 0 Å². The Labute approximate surface area is 188 Å². The summed E-state index contributed by atoms with van der Waals surface area (Å²) in [6, 6.07) is 16.6. The zero-order valence-corrected chi connectivity index (χ0v) is 19.1. The molecule has 0 spiro atoms. The lowest BCUT2D eigenvalue weighted by Crippen LogP contribution is -2.39. The van der Waals surface area contributed by atoms with E-state index in [-0.39, 0.29) is 5.91 Å². The number of aromatic nitrogens is 1. The number of carbonyl (C=O) groups excluding carboxylic acids is 1. The summed E-state index contributed by atoms with van der Waals surface area (Å²) < 4.78 is 6.60. The number of amides is 1. The van der Waals surface area contributed by atoms with Gasteiger partial charge in [0.1, 0.15) is 0 Å². The standard InChI is InChI=1S/C25H31N3O2S/c1-2-20-9-11-22-23(19-20)31-25(26-22)28(14-6-13-27-15-17-30-18-16-27)24(29)12-10-21-7-4-3-5-8-21/h3-5,7-9,11,19H,2,6,10,12-18H2,1H3. The Morgan fingerprint density at radius 1 is 1.13 bits per heavy atom. The fourth-order valence-corrected chi connectivity index (χ4v) is 5.00. The van der Waals surface area contributed by atoms with Gasteiger partial charge in [-0.1, -0.05) is 54.7 Å². The Morgan fingerprint density at radius 3 is 2.71 bits per heavy atom. The van der Waals surface area contributed by atoms with Crippen molar-refractivity contribution in [2.45, 2.75) is 32.6 Å². The average Bonchev–Trinajstić information content (AvgIpc) is 3.24. The summed E-state index contributed by atoms with van der Waals surface area (Å²) in [6.45, 7) is 7.40. The monoisotopic (exact) mass is 437 g/mol. The van der Waals surface area contributed by atoms with Crippen molar-refractivity contribution in [3.63, 3.8) is 0 Å². The predicted molar refractivity (Wildman–Crippen MR) is 128 cm³/mol. The summed E-state index contributed by atoms with van der Waals surface area (Å²) in [5.41, 5.74) is 3.48. The van der Waals surface area contributed by atoms with Crippen molar-refractivity contribution < 1.29 is 9.53 Å². The number of ether oxygens (including phenoxy) is 1. The third-order valence-corrected chi connectivity index (χ3v) is 6.85. The van der Waals surface area contributed by atoms with E-state index in [0.717, 1.165) is 67.5 Å². The summed E-state index contributed by atoms with van der Waals surface area (Å²) in [6.07, 6.45) is 3.19. The summed E-state index contributed by atoms with van der Waals surface area (Å²) in [5.74, 6) is 0.153. The number of hydrogen-bond donors (Lipinski definition) is 0. The van der Waals surface area contributed by atoms with Gasteiger partial charge in [-0.3, -0.25) is 14.6 Å². The van der Waals surface area contributed by atoms with Crippen LogP contribution in [0.3, 0.4) is 0 Å². The quantitative estimate of drug-likeness (QED) is 0.493. The van der Waals surface area contributed by atoms with Crippen LogP contribution >= 0.6 is 11.3 Å². The molecule has 164 valence electrons. The number of morpholine rings is 1. The van der Waals surface area contributed by atoms with E-state index in [4.69, 9.17) is 9.72 Å². The minimum Gasteiger partial charge on any atom is -0.379 e. The van der Waals surface area contributed by atoms with E-state index in [2.05, 4.69) is 42.2 Å². The van der Waals surface area contributed by atoms with Crippen molar-refractivity contribution in [3.05, 3.63) is 59.7 Å². The van der Waals surface area contributed by atoms with Gasteiger partial charge in [-0.15, -0.1) is 0 Å². The van der Waals surface area contributed by atoms with Crippen LogP contribution < -0.4 is 4.90 Å². The van der Waals surface area contributed by atoms with Gasteiger partial charge in [-0.2, -0.15) is 0 Å². The second kappa shape index (κ2) is 10.8. The van der Waals surface area contributed by atoms with E-state index in [0.29, 0.717) is 13.0 Å². The molecule has 3 aromatic rings. The maximum atomic E-state index is 13.3. The number of nitrogens with zero attached hydrogens (tertiary/aromatic N) is 3. The van der Waals surface area contributed by atoms with Gasteiger partial charge in [0.05, 0.1) is 23.4 Å². The van der Waals surface area contributed by atoms with Crippen molar-refractivity contribution in [3.8, 4) is 0 Å². The van der Waals surface area contributed by atoms with Crippen LogP contribution in [-0.2, 0) is 22.4 Å². The third-order valence-electron chi connectivity index (χ3n) is 5.81. The van der Waals surface area contributed by atoms with Crippen molar-refractivity contribution in [1.29, 1.82) is 0 Å². The van der Waals surface area contributed by atoms with Crippen LogP contribution in [0, 0.1) is 0 Å². The summed E-state index contributed by atoms with van der Waals surface area (Å²) in [4.78, 5) is 22.4. The SMILES string of the molecule is CCc1ccc2nc(N(CCCN3CCOCC3)C(=O)CCc3ccccc3)sc2c1. The molecule has 0 N–H and O–H groups in total. The first-order valence-electron chi connectivity index (χ1n) is 11.3. The molecule has 0 aliphatic carbocycles. The molecule has 31 heavy (non-hydrogen) atoms. The van der Waals surface area contributed by atoms with Gasteiger partial charge in [-0.25, -0.2) is 4.98 Å². The molecule has 1 fully saturated rings. The van der Waals surface area contributed by atoms with Crippen LogP contribution in [0.15, 0.2) is 48.5 Å². The molecule has 5 nitrogen and oxygen atoms in total. The topological polar surface area (TPSA) is 45.7 Å².